The van der Waals surface area contributed by atoms with E-state index >= 15 is 4.39 Å². The van der Waals surface area contributed by atoms with Gasteiger partial charge in [-0.05, 0) is 76.4 Å². The van der Waals surface area contributed by atoms with Gasteiger partial charge in [0, 0.05) is 47.3 Å². The van der Waals surface area contributed by atoms with Gasteiger partial charge in [0.15, 0.2) is 0 Å². The Labute approximate surface area is 288 Å². The molecular weight excluding hydrogens is 724 g/mol. The third kappa shape index (κ3) is 8.26. The molecule has 6 aromatic rings. The quantitative estimate of drug-likeness (QED) is 0.0726. The number of rotatable bonds is 13. The zero-order valence-electron chi connectivity index (χ0n) is 25.1. The van der Waals surface area contributed by atoms with E-state index in [0.717, 1.165) is 5.01 Å². The summed E-state index contributed by atoms with van der Waals surface area (Å²) < 4.78 is 64.2. The molecule has 0 saturated carbocycles. The molecule has 14 heteroatoms. The van der Waals surface area contributed by atoms with E-state index in [1.807, 2.05) is 12.1 Å². The van der Waals surface area contributed by atoms with E-state index in [1.54, 1.807) is 47.8 Å². The molecule has 0 radical (unpaired) electrons. The first-order valence-corrected chi connectivity index (χ1v) is 17.4. The summed E-state index contributed by atoms with van der Waals surface area (Å²) in [6, 6.07) is 19.7. The fourth-order valence-electron chi connectivity index (χ4n) is 4.77. The smallest absolute Gasteiger partial charge is 0.221 e. The minimum atomic E-state index is -2.45. The summed E-state index contributed by atoms with van der Waals surface area (Å²) in [6.07, 6.45) is 4.06. The van der Waals surface area contributed by atoms with Crippen molar-refractivity contribution in [2.24, 2.45) is 0 Å². The molecule has 3 aromatic carbocycles. The zero-order valence-corrected chi connectivity index (χ0v) is 28.3. The number of ether oxygens (including phenoxy) is 2. The fourth-order valence-corrected chi connectivity index (χ4v) is 6.57. The number of fused-ring (bicyclic) bond motifs is 1. The molecule has 0 aliphatic heterocycles. The Bertz CT molecular complexity index is 2210. The van der Waals surface area contributed by atoms with Crippen LogP contribution in [0.1, 0.15) is 22.7 Å². The highest BCUT2D eigenvalue weighted by molar-refractivity contribution is 9.10. The maximum Gasteiger partial charge on any atom is 0.221 e. The van der Waals surface area contributed by atoms with Crippen LogP contribution >= 0.6 is 27.3 Å². The lowest BCUT2D eigenvalue weighted by Crippen LogP contribution is -2.14. The lowest BCUT2D eigenvalue weighted by atomic mass is 10.1. The van der Waals surface area contributed by atoms with Gasteiger partial charge >= 0.3 is 0 Å². The lowest BCUT2D eigenvalue weighted by molar-refractivity contribution is 0.170. The maximum absolute atomic E-state index is 15.3. The molecule has 0 fully saturated rings. The highest BCUT2D eigenvalue weighted by atomic mass is 79.9. The molecule has 0 saturated heterocycles. The van der Waals surface area contributed by atoms with E-state index in [1.165, 1.54) is 42.1 Å². The molecule has 0 spiro atoms. The second-order valence-electron chi connectivity index (χ2n) is 10.4. The van der Waals surface area contributed by atoms with Gasteiger partial charge in [-0.2, -0.15) is 8.42 Å². The Morgan fingerprint density at radius 1 is 0.979 bits per heavy atom. The topological polar surface area (TPSA) is 116 Å². The Morgan fingerprint density at radius 2 is 1.88 bits per heavy atom. The van der Waals surface area contributed by atoms with Crippen LogP contribution in [0.3, 0.4) is 0 Å². The van der Waals surface area contributed by atoms with Gasteiger partial charge < -0.3 is 14.8 Å². The molecule has 6 rings (SSSR count). The summed E-state index contributed by atoms with van der Waals surface area (Å²) in [4.78, 5) is 17.5. The number of benzene rings is 3. The first-order chi connectivity index (χ1) is 23.3. The number of thiazole rings is 1. The first kappa shape index (κ1) is 33.3. The van der Waals surface area contributed by atoms with E-state index in [4.69, 9.17) is 9.47 Å². The number of aromatic nitrogens is 4. The zero-order chi connectivity index (χ0) is 33.5. The molecule has 1 N–H and O–H groups in total. The van der Waals surface area contributed by atoms with E-state index in [-0.39, 0.29) is 23.9 Å². The predicted molar refractivity (Wildman–Crippen MR) is 185 cm³/mol. The number of aryl methyl sites for hydroxylation is 1. The average Bonchev–Trinajstić information content (AvgIpc) is 3.55. The molecule has 0 atom stereocenters. The highest BCUT2D eigenvalue weighted by Gasteiger charge is 2.15. The van der Waals surface area contributed by atoms with E-state index in [9.17, 15) is 12.8 Å². The largest absolute Gasteiger partial charge is 0.488 e. The summed E-state index contributed by atoms with van der Waals surface area (Å²) in [5, 5.41) is 6.48. The summed E-state index contributed by atoms with van der Waals surface area (Å²) in [7, 11) is -2.45. The summed E-state index contributed by atoms with van der Waals surface area (Å²) in [5.41, 5.74) is 2.99. The van der Waals surface area contributed by atoms with Gasteiger partial charge in [-0.15, -0.1) is 11.3 Å². The molecule has 9 nitrogen and oxygen atoms in total. The van der Waals surface area contributed by atoms with Crippen LogP contribution < -0.4 is 10.1 Å². The highest BCUT2D eigenvalue weighted by Crippen LogP contribution is 2.34. The molecule has 48 heavy (non-hydrogen) atoms. The van der Waals surface area contributed by atoms with Crippen LogP contribution in [0.4, 0.5) is 20.3 Å². The van der Waals surface area contributed by atoms with Gasteiger partial charge in [0.05, 0.1) is 33.0 Å². The minimum Gasteiger partial charge on any atom is -0.488 e. The number of nitrogens with one attached hydrogen (secondary N) is 1. The number of hydrogen-bond acceptors (Lipinski definition) is 10. The fraction of sp³-hybridized carbons (Fsp3) is 0.147. The van der Waals surface area contributed by atoms with Crippen LogP contribution in [0, 0.1) is 11.6 Å². The molecule has 244 valence electrons. The van der Waals surface area contributed by atoms with Crippen molar-refractivity contribution in [1.82, 2.24) is 19.9 Å². The summed E-state index contributed by atoms with van der Waals surface area (Å²) >= 11 is 4.94. The van der Waals surface area contributed by atoms with Crippen molar-refractivity contribution in [3.63, 3.8) is 0 Å². The SMILES string of the molecule is O=S(=O)=C(COCCCc1nc(-c2cc3c(Nc4ccc(OCc5cccc(F)c5)c(Br)c4)ncnc3cc2F)cs1)c1ccccn1. The van der Waals surface area contributed by atoms with Gasteiger partial charge in [0.1, 0.15) is 41.0 Å². The average molecular weight is 751 g/mol. The number of pyridine rings is 1. The monoisotopic (exact) mass is 749 g/mol. The van der Waals surface area contributed by atoms with E-state index < -0.39 is 16.1 Å². The van der Waals surface area contributed by atoms with Crippen molar-refractivity contribution in [3.8, 4) is 17.0 Å². The molecule has 0 bridgehead atoms. The third-order valence-electron chi connectivity index (χ3n) is 7.09. The molecule has 3 heterocycles. The standard InChI is InChI=1S/C34H26BrF2N5O4S2/c35-26-14-23(9-10-31(26)46-17-21-5-3-6-22(36)13-21)41-34-25-15-24(27(37)16-29(25)39-20-40-34)30-19-47-33(42-30)8-4-12-45-18-32(48(43)44)28-7-1-2-11-38-28/h1-3,5-7,9-11,13-16,19-20H,4,8,12,17-18H2,(H,39,40,41). The Balaban J connectivity index is 1.11. The van der Waals surface area contributed by atoms with Crippen molar-refractivity contribution in [1.29, 1.82) is 0 Å². The Hall–Kier alpha value is -4.63. The van der Waals surface area contributed by atoms with Gasteiger partial charge in [0.2, 0.25) is 10.3 Å². The van der Waals surface area contributed by atoms with E-state index in [2.05, 4.69) is 41.2 Å². The van der Waals surface area contributed by atoms with Crippen LogP contribution in [-0.2, 0) is 28.1 Å². The van der Waals surface area contributed by atoms with Crippen LogP contribution in [0.5, 0.6) is 5.75 Å². The lowest BCUT2D eigenvalue weighted by Gasteiger charge is -2.13. The van der Waals surface area contributed by atoms with Crippen LogP contribution in [-0.4, -0.2) is 46.4 Å². The van der Waals surface area contributed by atoms with Gasteiger partial charge in [-0.1, -0.05) is 18.2 Å². The second-order valence-corrected chi connectivity index (χ2v) is 13.2. The van der Waals surface area contributed by atoms with E-state index in [0.29, 0.717) is 74.6 Å². The number of anilines is 2. The normalized spacial score (nSPS) is 11.1. The number of halogens is 3. The molecule has 0 amide bonds. The number of nitrogens with zero attached hydrogens (tertiary/aromatic N) is 4. The first-order valence-electron chi connectivity index (χ1n) is 14.6. The third-order valence-corrected chi connectivity index (χ3v) is 9.35. The molecule has 0 unspecified atom stereocenters. The van der Waals surface area contributed by atoms with Gasteiger partial charge in [0.25, 0.3) is 0 Å². The second kappa shape index (κ2) is 15.5. The number of hydrogen-bond donors (Lipinski definition) is 1. The predicted octanol–water partition coefficient (Wildman–Crippen LogP) is 7.56. The summed E-state index contributed by atoms with van der Waals surface area (Å²) in [6.45, 7) is 0.440. The molecule has 0 aliphatic rings. The van der Waals surface area contributed by atoms with Crippen molar-refractivity contribution >= 4 is 64.8 Å². The van der Waals surface area contributed by atoms with Crippen LogP contribution in [0.15, 0.2) is 95.2 Å². The Morgan fingerprint density at radius 3 is 2.67 bits per heavy atom. The van der Waals surface area contributed by atoms with Crippen LogP contribution in [0.2, 0.25) is 0 Å². The maximum atomic E-state index is 15.3. The summed E-state index contributed by atoms with van der Waals surface area (Å²) in [5.74, 6) is 0.281. The molecule has 3 aromatic heterocycles. The van der Waals surface area contributed by atoms with Crippen molar-refractivity contribution in [2.75, 3.05) is 18.5 Å². The van der Waals surface area contributed by atoms with Gasteiger partial charge in [-0.25, -0.2) is 23.7 Å². The van der Waals surface area contributed by atoms with Gasteiger partial charge in [-0.3, -0.25) is 4.98 Å². The Kier molecular flexibility index (Phi) is 10.8. The minimum absolute atomic E-state index is 0.0809. The molecular formula is C34H26BrF2N5O4S2. The van der Waals surface area contributed by atoms with Crippen molar-refractivity contribution in [2.45, 2.75) is 19.4 Å². The van der Waals surface area contributed by atoms with Crippen molar-refractivity contribution in [3.05, 3.63) is 123 Å². The van der Waals surface area contributed by atoms with Crippen molar-refractivity contribution < 1.29 is 26.7 Å². The van der Waals surface area contributed by atoms with Crippen LogP contribution in [0.25, 0.3) is 22.2 Å². The molecule has 0 aliphatic carbocycles.